The number of rotatable bonds is 12. The predicted octanol–water partition coefficient (Wildman–Crippen LogP) is -1.66. The van der Waals surface area contributed by atoms with Gasteiger partial charge in [-0.1, -0.05) is 64.7 Å². The molecule has 0 aliphatic carbocycles. The van der Waals surface area contributed by atoms with Crippen molar-refractivity contribution in [2.75, 3.05) is 6.61 Å². The summed E-state index contributed by atoms with van der Waals surface area (Å²) in [7, 11) is -6.65. The SMILES string of the molecule is CCCCCCCCCCCCOS(=O)(=O)[O-].OB(O)O.[Na+]. The minimum atomic E-state index is -4.48. The summed E-state index contributed by atoms with van der Waals surface area (Å²) in [5, 5.41) is 21.5. The molecule has 7 nitrogen and oxygen atoms in total. The van der Waals surface area contributed by atoms with Gasteiger partial charge in [0.15, 0.2) is 0 Å². The first kappa shape index (κ1) is 27.7. The van der Waals surface area contributed by atoms with E-state index >= 15 is 0 Å². The smallest absolute Gasteiger partial charge is 0.726 e. The minimum absolute atomic E-state index is 0. The van der Waals surface area contributed by atoms with E-state index in [0.29, 0.717) is 6.42 Å². The van der Waals surface area contributed by atoms with Crippen molar-refractivity contribution in [2.24, 2.45) is 0 Å². The van der Waals surface area contributed by atoms with E-state index < -0.39 is 17.7 Å². The molecule has 0 fully saturated rings. The molecule has 0 aromatic rings. The van der Waals surface area contributed by atoms with E-state index in [1.54, 1.807) is 0 Å². The topological polar surface area (TPSA) is 127 Å². The van der Waals surface area contributed by atoms with Crippen LogP contribution in [0.15, 0.2) is 0 Å². The zero-order valence-corrected chi connectivity index (χ0v) is 16.6. The van der Waals surface area contributed by atoms with Gasteiger partial charge in [0.2, 0.25) is 10.4 Å². The molecule has 0 heterocycles. The summed E-state index contributed by atoms with van der Waals surface area (Å²) in [6.45, 7) is 2.24. The van der Waals surface area contributed by atoms with Crippen LogP contribution in [-0.2, 0) is 14.6 Å². The summed E-state index contributed by atoms with van der Waals surface area (Å²) in [6, 6.07) is 0. The fraction of sp³-hybridized carbons (Fsp3) is 1.00. The molecule has 0 rings (SSSR count). The van der Waals surface area contributed by atoms with Crippen molar-refractivity contribution < 1.29 is 61.8 Å². The Bertz CT molecular complexity index is 299. The first-order chi connectivity index (χ1) is 9.79. The Labute approximate surface area is 156 Å². The molecular weight excluding hydrogens is 322 g/mol. The minimum Gasteiger partial charge on any atom is -0.726 e. The Kier molecular flexibility index (Phi) is 25.0. The van der Waals surface area contributed by atoms with Gasteiger partial charge in [0.05, 0.1) is 6.61 Å². The normalized spacial score (nSPS) is 10.4. The summed E-state index contributed by atoms with van der Waals surface area (Å²) in [6.07, 6.45) is 11.7. The second-order valence-corrected chi connectivity index (χ2v) is 5.81. The van der Waals surface area contributed by atoms with Gasteiger partial charge in [-0.3, -0.25) is 4.18 Å². The van der Waals surface area contributed by atoms with E-state index in [4.69, 9.17) is 15.1 Å². The third kappa shape index (κ3) is 37.2. The van der Waals surface area contributed by atoms with Crippen LogP contribution in [-0.4, -0.2) is 42.0 Å². The zero-order chi connectivity index (χ0) is 16.6. The second kappa shape index (κ2) is 19.9. The summed E-state index contributed by atoms with van der Waals surface area (Å²) in [4.78, 5) is 0. The molecule has 0 saturated carbocycles. The van der Waals surface area contributed by atoms with Crippen LogP contribution in [0.4, 0.5) is 0 Å². The van der Waals surface area contributed by atoms with Gasteiger partial charge in [-0.05, 0) is 6.42 Å². The molecule has 128 valence electrons. The van der Waals surface area contributed by atoms with Crippen molar-refractivity contribution in [2.45, 2.75) is 71.1 Å². The number of unbranched alkanes of at least 4 members (excludes halogenated alkanes) is 9. The van der Waals surface area contributed by atoms with E-state index in [2.05, 4.69) is 11.1 Å². The van der Waals surface area contributed by atoms with E-state index in [1.165, 1.54) is 44.9 Å². The molecule has 0 aliphatic heterocycles. The summed E-state index contributed by atoms with van der Waals surface area (Å²) < 4.78 is 34.5. The van der Waals surface area contributed by atoms with Gasteiger partial charge in [0, 0.05) is 0 Å². The van der Waals surface area contributed by atoms with E-state index in [0.717, 1.165) is 12.8 Å². The fourth-order valence-electron chi connectivity index (χ4n) is 1.75. The van der Waals surface area contributed by atoms with Crippen LogP contribution in [0.25, 0.3) is 0 Å². The third-order valence-electron chi connectivity index (χ3n) is 2.73. The standard InChI is InChI=1S/C12H26O4S.BH3O3.Na/c1-2-3-4-5-6-7-8-9-10-11-12-16-17(13,14)15;2-1(3)4;/h2-12H2,1H3,(H,13,14,15);2-4H;/q;;+1/p-1. The van der Waals surface area contributed by atoms with Crippen molar-refractivity contribution in [3.05, 3.63) is 0 Å². The molecule has 0 amide bonds. The molecular formula is C12H28BNaO7S. The molecule has 0 aromatic carbocycles. The second-order valence-electron chi connectivity index (χ2n) is 4.76. The van der Waals surface area contributed by atoms with E-state index in [9.17, 15) is 13.0 Å². The van der Waals surface area contributed by atoms with Crippen LogP contribution >= 0.6 is 0 Å². The van der Waals surface area contributed by atoms with Crippen LogP contribution < -0.4 is 29.6 Å². The zero-order valence-electron chi connectivity index (χ0n) is 13.7. The Morgan fingerprint density at radius 2 is 1.18 bits per heavy atom. The monoisotopic (exact) mass is 350 g/mol. The fourth-order valence-corrected chi connectivity index (χ4v) is 2.07. The number of hydrogen-bond donors (Lipinski definition) is 3. The Morgan fingerprint density at radius 1 is 0.864 bits per heavy atom. The third-order valence-corrected chi connectivity index (χ3v) is 3.18. The van der Waals surface area contributed by atoms with Crippen LogP contribution in [0.2, 0.25) is 0 Å². The molecule has 0 aromatic heterocycles. The Hall–Kier alpha value is 0.815. The molecule has 0 radical (unpaired) electrons. The van der Waals surface area contributed by atoms with Crippen LogP contribution in [0, 0.1) is 0 Å². The molecule has 0 aliphatic rings. The summed E-state index contributed by atoms with van der Waals surface area (Å²) >= 11 is 0. The Balaban J connectivity index is -0.000000640. The van der Waals surface area contributed by atoms with Gasteiger partial charge >= 0.3 is 36.9 Å². The first-order valence-electron chi connectivity index (χ1n) is 7.44. The van der Waals surface area contributed by atoms with Crippen LogP contribution in [0.5, 0.6) is 0 Å². The molecule has 0 saturated heterocycles. The predicted molar refractivity (Wildman–Crippen MR) is 79.9 cm³/mol. The summed E-state index contributed by atoms with van der Waals surface area (Å²) in [5.74, 6) is 0. The van der Waals surface area contributed by atoms with Crippen molar-refractivity contribution in [3.63, 3.8) is 0 Å². The quantitative estimate of drug-likeness (QED) is 0.166. The number of hydrogen-bond acceptors (Lipinski definition) is 7. The van der Waals surface area contributed by atoms with Gasteiger partial charge in [-0.25, -0.2) is 8.42 Å². The Morgan fingerprint density at radius 3 is 1.50 bits per heavy atom. The molecule has 0 spiro atoms. The average Bonchev–Trinajstić information content (AvgIpc) is 2.34. The van der Waals surface area contributed by atoms with Gasteiger partial charge in [-0.15, -0.1) is 0 Å². The van der Waals surface area contributed by atoms with Gasteiger partial charge in [0.25, 0.3) is 0 Å². The van der Waals surface area contributed by atoms with Gasteiger partial charge < -0.3 is 19.6 Å². The molecule has 0 bridgehead atoms. The van der Waals surface area contributed by atoms with E-state index in [-0.39, 0.29) is 36.2 Å². The average molecular weight is 350 g/mol. The van der Waals surface area contributed by atoms with Crippen molar-refractivity contribution >= 4 is 17.7 Å². The molecule has 22 heavy (non-hydrogen) atoms. The van der Waals surface area contributed by atoms with E-state index in [1.807, 2.05) is 0 Å². The maximum Gasteiger partial charge on any atom is 1.00 e. The molecule has 0 atom stereocenters. The molecule has 10 heteroatoms. The molecule has 3 N–H and O–H groups in total. The summed E-state index contributed by atoms with van der Waals surface area (Å²) in [5.41, 5.74) is 0. The maximum atomic E-state index is 10.1. The maximum absolute atomic E-state index is 10.1. The van der Waals surface area contributed by atoms with Crippen molar-refractivity contribution in [1.82, 2.24) is 0 Å². The van der Waals surface area contributed by atoms with Crippen molar-refractivity contribution in [1.29, 1.82) is 0 Å². The first-order valence-corrected chi connectivity index (χ1v) is 8.77. The molecule has 0 unspecified atom stereocenters. The van der Waals surface area contributed by atoms with Gasteiger partial charge in [-0.2, -0.15) is 0 Å². The van der Waals surface area contributed by atoms with Crippen molar-refractivity contribution in [3.8, 4) is 0 Å². The largest absolute Gasteiger partial charge is 1.00 e. The van der Waals surface area contributed by atoms with Crippen LogP contribution in [0.3, 0.4) is 0 Å². The van der Waals surface area contributed by atoms with Gasteiger partial charge in [0.1, 0.15) is 0 Å². The van der Waals surface area contributed by atoms with Crippen LogP contribution in [0.1, 0.15) is 71.1 Å².